The Morgan fingerprint density at radius 2 is 1.84 bits per heavy atom. The van der Waals surface area contributed by atoms with Gasteiger partial charge in [0.2, 0.25) is 11.7 Å². The maximum absolute atomic E-state index is 13.7. The molecule has 2 heterocycles. The highest BCUT2D eigenvalue weighted by molar-refractivity contribution is 8.00. The van der Waals surface area contributed by atoms with E-state index in [0.29, 0.717) is 6.54 Å². The molecular formula is C28H32N4O5S. The molecule has 1 aliphatic rings. The molecule has 38 heavy (non-hydrogen) atoms. The van der Waals surface area contributed by atoms with E-state index in [1.165, 1.54) is 28.9 Å². The van der Waals surface area contributed by atoms with Crippen LogP contribution < -0.4 is 10.6 Å². The van der Waals surface area contributed by atoms with E-state index in [2.05, 4.69) is 15.8 Å². The zero-order valence-electron chi connectivity index (χ0n) is 21.6. The van der Waals surface area contributed by atoms with Gasteiger partial charge in [0.05, 0.1) is 18.1 Å². The fourth-order valence-electron chi connectivity index (χ4n) is 4.52. The predicted molar refractivity (Wildman–Crippen MR) is 144 cm³/mol. The van der Waals surface area contributed by atoms with Crippen molar-refractivity contribution in [1.82, 2.24) is 20.7 Å². The number of aliphatic hydroxyl groups is 1. The summed E-state index contributed by atoms with van der Waals surface area (Å²) in [5, 5.41) is 20.5. The minimum absolute atomic E-state index is 0.0333. The lowest BCUT2D eigenvalue weighted by Gasteiger charge is -2.33. The first kappa shape index (κ1) is 27.4. The monoisotopic (exact) mass is 536 g/mol. The standard InChI is InChI=1S/C28H32N4O5S/c1-18-9-7-8-12-20(18)16-29-26(35)24-28(2,3)38-17-32(24)27(36)23(33)21(15-19-10-5-4-6-11-19)31-25(34)22-13-14-30-37-22/h4-14,21,23-24,33H,15-17H2,1-3H3,(H,29,35)(H,31,34)/t21-,23-,24+/m0/s1. The average Bonchev–Trinajstić information content (AvgIpc) is 3.55. The van der Waals surface area contributed by atoms with Gasteiger partial charge in [-0.1, -0.05) is 59.8 Å². The molecule has 1 saturated heterocycles. The van der Waals surface area contributed by atoms with Crippen molar-refractivity contribution in [2.75, 3.05) is 5.88 Å². The number of aryl methyl sites for hydroxylation is 1. The Kier molecular flexibility index (Phi) is 8.53. The summed E-state index contributed by atoms with van der Waals surface area (Å²) in [6, 6.07) is 16.6. The van der Waals surface area contributed by atoms with Crippen LogP contribution in [0, 0.1) is 6.92 Å². The van der Waals surface area contributed by atoms with Gasteiger partial charge in [-0.15, -0.1) is 11.8 Å². The minimum atomic E-state index is -1.59. The van der Waals surface area contributed by atoms with Crippen molar-refractivity contribution in [1.29, 1.82) is 0 Å². The number of nitrogens with one attached hydrogen (secondary N) is 2. The van der Waals surface area contributed by atoms with Gasteiger partial charge in [-0.3, -0.25) is 14.4 Å². The molecule has 3 amide bonds. The second-order valence-corrected chi connectivity index (χ2v) is 11.4. The molecule has 1 fully saturated rings. The van der Waals surface area contributed by atoms with Gasteiger partial charge in [0.25, 0.3) is 11.8 Å². The summed E-state index contributed by atoms with van der Waals surface area (Å²) < 4.78 is 4.36. The van der Waals surface area contributed by atoms with E-state index in [9.17, 15) is 19.5 Å². The van der Waals surface area contributed by atoms with E-state index >= 15 is 0 Å². The SMILES string of the molecule is Cc1ccccc1CNC(=O)[C@H]1N(C(=O)[C@@H](O)[C@H](Cc2ccccc2)NC(=O)c2ccno2)CSC1(C)C. The smallest absolute Gasteiger partial charge is 0.290 e. The number of carbonyl (C=O) groups excluding carboxylic acids is 3. The third-order valence-corrected chi connectivity index (χ3v) is 8.08. The van der Waals surface area contributed by atoms with E-state index in [1.54, 1.807) is 0 Å². The quantitative estimate of drug-likeness (QED) is 0.384. The Balaban J connectivity index is 1.52. The van der Waals surface area contributed by atoms with Gasteiger partial charge < -0.3 is 25.2 Å². The van der Waals surface area contributed by atoms with E-state index in [1.807, 2.05) is 75.4 Å². The number of hydrogen-bond donors (Lipinski definition) is 3. The van der Waals surface area contributed by atoms with Gasteiger partial charge in [-0.2, -0.15) is 0 Å². The summed E-state index contributed by atoms with van der Waals surface area (Å²) in [5.74, 6) is -1.32. The molecule has 0 saturated carbocycles. The topological polar surface area (TPSA) is 125 Å². The van der Waals surface area contributed by atoms with E-state index in [4.69, 9.17) is 4.52 Å². The molecule has 3 atom stereocenters. The molecule has 1 aliphatic heterocycles. The Labute approximate surface area is 226 Å². The molecule has 10 heteroatoms. The van der Waals surface area contributed by atoms with Crippen LogP contribution in [0.4, 0.5) is 0 Å². The zero-order chi connectivity index (χ0) is 27.3. The molecule has 3 N–H and O–H groups in total. The molecule has 4 rings (SSSR count). The molecule has 0 spiro atoms. The average molecular weight is 537 g/mol. The fourth-order valence-corrected chi connectivity index (χ4v) is 5.66. The largest absolute Gasteiger partial charge is 0.381 e. The Hall–Kier alpha value is -3.63. The van der Waals surface area contributed by atoms with Crippen molar-refractivity contribution in [2.24, 2.45) is 0 Å². The van der Waals surface area contributed by atoms with Gasteiger partial charge in [0.15, 0.2) is 6.10 Å². The Morgan fingerprint density at radius 1 is 1.13 bits per heavy atom. The van der Waals surface area contributed by atoms with Gasteiger partial charge in [-0.05, 0) is 43.9 Å². The number of nitrogens with zero attached hydrogens (tertiary/aromatic N) is 2. The summed E-state index contributed by atoms with van der Waals surface area (Å²) in [7, 11) is 0. The van der Waals surface area contributed by atoms with Crippen molar-refractivity contribution in [3.63, 3.8) is 0 Å². The number of aliphatic hydroxyl groups excluding tert-OH is 1. The summed E-state index contributed by atoms with van der Waals surface area (Å²) in [5.41, 5.74) is 2.87. The van der Waals surface area contributed by atoms with Crippen LogP contribution in [0.3, 0.4) is 0 Å². The predicted octanol–water partition coefficient (Wildman–Crippen LogP) is 2.68. The first-order valence-corrected chi connectivity index (χ1v) is 13.4. The zero-order valence-corrected chi connectivity index (χ0v) is 22.4. The molecule has 1 aromatic heterocycles. The lowest BCUT2D eigenvalue weighted by Crippen LogP contribution is -2.58. The normalized spacial score (nSPS) is 18.0. The molecular weight excluding hydrogens is 504 g/mol. The van der Waals surface area contributed by atoms with Crippen LogP contribution in [0.1, 0.15) is 41.1 Å². The first-order valence-electron chi connectivity index (χ1n) is 12.4. The van der Waals surface area contributed by atoms with Gasteiger partial charge in [0, 0.05) is 17.4 Å². The third-order valence-electron chi connectivity index (χ3n) is 6.70. The van der Waals surface area contributed by atoms with Crippen LogP contribution in [0.5, 0.6) is 0 Å². The van der Waals surface area contributed by atoms with Gasteiger partial charge in [-0.25, -0.2) is 0 Å². The molecule has 3 aromatic rings. The van der Waals surface area contributed by atoms with Crippen molar-refractivity contribution in [2.45, 2.75) is 56.7 Å². The van der Waals surface area contributed by atoms with Crippen molar-refractivity contribution in [3.8, 4) is 0 Å². The van der Waals surface area contributed by atoms with E-state index in [0.717, 1.165) is 16.7 Å². The van der Waals surface area contributed by atoms with Crippen LogP contribution in [-0.4, -0.2) is 61.7 Å². The van der Waals surface area contributed by atoms with Crippen molar-refractivity contribution >= 4 is 29.5 Å². The van der Waals surface area contributed by atoms with Crippen LogP contribution in [0.2, 0.25) is 0 Å². The molecule has 0 aliphatic carbocycles. The van der Waals surface area contributed by atoms with E-state index < -0.39 is 34.7 Å². The van der Waals surface area contributed by atoms with Crippen LogP contribution in [0.15, 0.2) is 71.4 Å². The van der Waals surface area contributed by atoms with Gasteiger partial charge >= 0.3 is 0 Å². The molecule has 2 aromatic carbocycles. The Morgan fingerprint density at radius 3 is 2.53 bits per heavy atom. The number of rotatable bonds is 9. The number of hydrogen-bond acceptors (Lipinski definition) is 7. The highest BCUT2D eigenvalue weighted by atomic mass is 32.2. The number of benzene rings is 2. The second-order valence-electron chi connectivity index (χ2n) is 9.82. The van der Waals surface area contributed by atoms with Crippen LogP contribution in [0.25, 0.3) is 0 Å². The fraction of sp³-hybridized carbons (Fsp3) is 0.357. The summed E-state index contributed by atoms with van der Waals surface area (Å²) in [6.45, 7) is 6.12. The first-order chi connectivity index (χ1) is 18.2. The number of amides is 3. The molecule has 0 bridgehead atoms. The van der Waals surface area contributed by atoms with Crippen LogP contribution >= 0.6 is 11.8 Å². The maximum Gasteiger partial charge on any atom is 0.290 e. The lowest BCUT2D eigenvalue weighted by molar-refractivity contribution is -0.147. The second kappa shape index (κ2) is 11.8. The summed E-state index contributed by atoms with van der Waals surface area (Å²) in [6.07, 6.45) is -0.0580. The molecule has 0 unspecified atom stereocenters. The number of carbonyl (C=O) groups is 3. The Bertz CT molecular complexity index is 1270. The molecule has 200 valence electrons. The molecule has 0 radical (unpaired) electrons. The number of aromatic nitrogens is 1. The van der Waals surface area contributed by atoms with Crippen molar-refractivity contribution < 1.29 is 24.0 Å². The third kappa shape index (κ3) is 6.25. The minimum Gasteiger partial charge on any atom is -0.381 e. The highest BCUT2D eigenvalue weighted by Gasteiger charge is 2.49. The summed E-state index contributed by atoms with van der Waals surface area (Å²) in [4.78, 5) is 41.2. The van der Waals surface area contributed by atoms with Crippen molar-refractivity contribution in [3.05, 3.63) is 89.3 Å². The van der Waals surface area contributed by atoms with E-state index in [-0.39, 0.29) is 24.0 Å². The highest BCUT2D eigenvalue weighted by Crippen LogP contribution is 2.40. The van der Waals surface area contributed by atoms with Crippen LogP contribution in [-0.2, 0) is 22.6 Å². The lowest BCUT2D eigenvalue weighted by atomic mass is 9.97. The number of thioether (sulfide) groups is 1. The summed E-state index contributed by atoms with van der Waals surface area (Å²) >= 11 is 1.46. The maximum atomic E-state index is 13.7. The van der Waals surface area contributed by atoms with Gasteiger partial charge in [0.1, 0.15) is 6.04 Å². The molecule has 9 nitrogen and oxygen atoms in total.